The zero-order valence-corrected chi connectivity index (χ0v) is 20.1. The summed E-state index contributed by atoms with van der Waals surface area (Å²) in [6, 6.07) is 12.0. The van der Waals surface area contributed by atoms with Crippen molar-refractivity contribution in [3.63, 3.8) is 0 Å². The van der Waals surface area contributed by atoms with Gasteiger partial charge in [0.2, 0.25) is 0 Å². The number of hydrogen-bond donors (Lipinski definition) is 1. The lowest BCUT2D eigenvalue weighted by molar-refractivity contribution is 0.0935. The number of benzene rings is 1. The number of amides is 3. The van der Waals surface area contributed by atoms with E-state index in [1.807, 2.05) is 9.80 Å². The highest BCUT2D eigenvalue weighted by atomic mass is 35.5. The molecule has 1 aromatic heterocycles. The molecule has 2 aromatic rings. The van der Waals surface area contributed by atoms with Crippen LogP contribution in [0.5, 0.6) is 0 Å². The van der Waals surface area contributed by atoms with E-state index in [9.17, 15) is 9.59 Å². The number of nitrogens with zero attached hydrogens (tertiary/aromatic N) is 3. The molecule has 1 aromatic carbocycles. The minimum Gasteiger partial charge on any atom is -0.346 e. The van der Waals surface area contributed by atoms with Gasteiger partial charge in [0.05, 0.1) is 27.8 Å². The van der Waals surface area contributed by atoms with Gasteiger partial charge in [0, 0.05) is 24.2 Å². The van der Waals surface area contributed by atoms with E-state index in [-0.39, 0.29) is 29.4 Å². The fourth-order valence-corrected chi connectivity index (χ4v) is 6.49. The van der Waals surface area contributed by atoms with Crippen LogP contribution >= 0.6 is 22.9 Å². The van der Waals surface area contributed by atoms with Gasteiger partial charge in [-0.25, -0.2) is 4.79 Å². The number of carbonyl (C=O) groups is 2. The van der Waals surface area contributed by atoms with Crippen molar-refractivity contribution in [3.05, 3.63) is 51.2 Å². The molecule has 3 heterocycles. The Labute approximate surface area is 198 Å². The predicted octanol–water partition coefficient (Wildman–Crippen LogP) is 4.20. The lowest BCUT2D eigenvalue weighted by Crippen LogP contribution is -2.44. The summed E-state index contributed by atoms with van der Waals surface area (Å²) in [4.78, 5) is 32.3. The van der Waals surface area contributed by atoms with Crippen LogP contribution in [0.25, 0.3) is 0 Å². The molecule has 0 spiro atoms. The lowest BCUT2D eigenvalue weighted by Gasteiger charge is -2.44. The van der Waals surface area contributed by atoms with E-state index in [1.54, 1.807) is 12.1 Å². The van der Waals surface area contributed by atoms with Crippen molar-refractivity contribution in [1.29, 1.82) is 0 Å². The summed E-state index contributed by atoms with van der Waals surface area (Å²) >= 11 is 7.24. The molecule has 8 heteroatoms. The molecule has 6 nitrogen and oxygen atoms in total. The number of halogens is 1. The van der Waals surface area contributed by atoms with Gasteiger partial charge in [-0.3, -0.25) is 9.69 Å². The van der Waals surface area contributed by atoms with Crippen LogP contribution in [0.1, 0.15) is 40.9 Å². The molecule has 2 aliphatic heterocycles. The summed E-state index contributed by atoms with van der Waals surface area (Å²) in [6.07, 6.45) is 4.50. The van der Waals surface area contributed by atoms with E-state index in [4.69, 9.17) is 11.6 Å². The first-order chi connectivity index (χ1) is 15.4. The number of nitrogens with one attached hydrogen (secondary N) is 1. The summed E-state index contributed by atoms with van der Waals surface area (Å²) in [5.41, 5.74) is 2.55. The van der Waals surface area contributed by atoms with Crippen molar-refractivity contribution in [2.45, 2.75) is 43.2 Å². The minimum atomic E-state index is -0.115. The Hall–Kier alpha value is -2.09. The summed E-state index contributed by atoms with van der Waals surface area (Å²) in [5.74, 6) is -0.115. The third-order valence-electron chi connectivity index (χ3n) is 7.23. The van der Waals surface area contributed by atoms with Gasteiger partial charge >= 0.3 is 6.03 Å². The van der Waals surface area contributed by atoms with Crippen LogP contribution in [-0.2, 0) is 5.41 Å². The summed E-state index contributed by atoms with van der Waals surface area (Å²) in [6.45, 7) is 2.32. The van der Waals surface area contributed by atoms with Gasteiger partial charge in [0.15, 0.2) is 0 Å². The van der Waals surface area contributed by atoms with Crippen molar-refractivity contribution < 1.29 is 9.59 Å². The molecule has 0 radical (unpaired) electrons. The molecule has 3 fully saturated rings. The van der Waals surface area contributed by atoms with Crippen molar-refractivity contribution in [2.24, 2.45) is 0 Å². The predicted molar refractivity (Wildman–Crippen MR) is 129 cm³/mol. The van der Waals surface area contributed by atoms with E-state index in [1.165, 1.54) is 36.2 Å². The zero-order chi connectivity index (χ0) is 22.5. The first-order valence-corrected chi connectivity index (χ1v) is 12.5. The molecule has 170 valence electrons. The number of fused-ring (bicyclic) bond motifs is 1. The maximum absolute atomic E-state index is 13.1. The quantitative estimate of drug-likeness (QED) is 0.685. The highest BCUT2D eigenvalue weighted by molar-refractivity contribution is 7.18. The molecule has 1 N–H and O–H groups in total. The number of rotatable bonds is 6. The van der Waals surface area contributed by atoms with Crippen LogP contribution in [0.4, 0.5) is 10.5 Å². The molecule has 32 heavy (non-hydrogen) atoms. The average Bonchev–Trinajstić information content (AvgIpc) is 3.42. The third kappa shape index (κ3) is 3.80. The van der Waals surface area contributed by atoms with Gasteiger partial charge in [-0.2, -0.15) is 0 Å². The van der Waals surface area contributed by atoms with Gasteiger partial charge in [-0.05, 0) is 63.2 Å². The minimum absolute atomic E-state index is 0.00623. The summed E-state index contributed by atoms with van der Waals surface area (Å²) < 4.78 is 0.600. The van der Waals surface area contributed by atoms with Gasteiger partial charge < -0.3 is 15.1 Å². The Morgan fingerprint density at radius 3 is 2.56 bits per heavy atom. The van der Waals surface area contributed by atoms with Crippen molar-refractivity contribution in [3.8, 4) is 0 Å². The van der Waals surface area contributed by atoms with Crippen LogP contribution < -0.4 is 10.2 Å². The maximum atomic E-state index is 13.1. The number of hydrogen-bond acceptors (Lipinski definition) is 4. The standard InChI is InChI=1S/C24H29ClN4O2S/c1-27(2)15-24(11-3-12-24)16-4-6-17(7-5-16)29-14-19-18(10-13-28(19)23(29)31)26-22(30)20-8-9-21(25)32-20/h4-9,18-19H,3,10-15H2,1-2H3,(H,26,30)/t18-,19-/m1/s1. The van der Waals surface area contributed by atoms with Gasteiger partial charge in [-0.15, -0.1) is 11.3 Å². The molecule has 0 unspecified atom stereocenters. The molecule has 0 bridgehead atoms. The normalized spacial score (nSPS) is 24.1. The van der Waals surface area contributed by atoms with Crippen LogP contribution in [0.15, 0.2) is 36.4 Å². The van der Waals surface area contributed by atoms with Crippen LogP contribution in [0.3, 0.4) is 0 Å². The number of anilines is 1. The zero-order valence-electron chi connectivity index (χ0n) is 18.5. The molecule has 3 amide bonds. The Balaban J connectivity index is 1.28. The number of thiophene rings is 1. The summed E-state index contributed by atoms with van der Waals surface area (Å²) in [5, 5.41) is 3.12. The Kier molecular flexibility index (Phi) is 5.68. The first-order valence-electron chi connectivity index (χ1n) is 11.3. The second-order valence-electron chi connectivity index (χ2n) is 9.54. The monoisotopic (exact) mass is 472 g/mol. The lowest BCUT2D eigenvalue weighted by atomic mass is 9.64. The molecule has 2 atom stereocenters. The van der Waals surface area contributed by atoms with Crippen molar-refractivity contribution in [1.82, 2.24) is 15.1 Å². The van der Waals surface area contributed by atoms with Crippen LogP contribution in [0.2, 0.25) is 4.34 Å². The second kappa shape index (κ2) is 8.36. The SMILES string of the molecule is CN(C)CC1(c2ccc(N3C[C@@H]4[C@H](NC(=O)c5ccc(Cl)s5)CCN4C3=O)cc2)CCC1. The van der Waals surface area contributed by atoms with E-state index in [2.05, 4.69) is 48.6 Å². The molecular formula is C24H29ClN4O2S. The summed E-state index contributed by atoms with van der Waals surface area (Å²) in [7, 11) is 4.26. The van der Waals surface area contributed by atoms with Gasteiger partial charge in [0.1, 0.15) is 0 Å². The fraction of sp³-hybridized carbons (Fsp3) is 0.500. The molecule has 5 rings (SSSR count). The Bertz CT molecular complexity index is 1020. The number of likely N-dealkylation sites (N-methyl/N-ethyl adjacent to an activating group) is 1. The molecule has 2 saturated heterocycles. The van der Waals surface area contributed by atoms with Gasteiger partial charge in [0.25, 0.3) is 5.91 Å². The largest absolute Gasteiger partial charge is 0.346 e. The first kappa shape index (κ1) is 21.7. The van der Waals surface area contributed by atoms with E-state index in [0.29, 0.717) is 22.3 Å². The fourth-order valence-electron chi connectivity index (χ4n) is 5.54. The topological polar surface area (TPSA) is 55.9 Å². The van der Waals surface area contributed by atoms with E-state index < -0.39 is 0 Å². The molecule has 3 aliphatic rings. The molecule has 1 aliphatic carbocycles. The van der Waals surface area contributed by atoms with Crippen LogP contribution in [-0.4, -0.2) is 67.6 Å². The molecule has 1 saturated carbocycles. The van der Waals surface area contributed by atoms with Crippen LogP contribution in [0, 0.1) is 0 Å². The van der Waals surface area contributed by atoms with Gasteiger partial charge in [-0.1, -0.05) is 30.2 Å². The highest BCUT2D eigenvalue weighted by Gasteiger charge is 2.47. The number of urea groups is 1. The van der Waals surface area contributed by atoms with E-state index in [0.717, 1.165) is 18.7 Å². The Morgan fingerprint density at radius 1 is 1.22 bits per heavy atom. The second-order valence-corrected chi connectivity index (χ2v) is 11.3. The third-order valence-corrected chi connectivity index (χ3v) is 8.46. The Morgan fingerprint density at radius 2 is 1.97 bits per heavy atom. The highest BCUT2D eigenvalue weighted by Crippen LogP contribution is 2.44. The van der Waals surface area contributed by atoms with Crippen molar-refractivity contribution >= 4 is 40.6 Å². The maximum Gasteiger partial charge on any atom is 0.324 e. The van der Waals surface area contributed by atoms with E-state index >= 15 is 0 Å². The van der Waals surface area contributed by atoms with Crippen molar-refractivity contribution in [2.75, 3.05) is 38.6 Å². The molecular weight excluding hydrogens is 444 g/mol. The smallest absolute Gasteiger partial charge is 0.324 e. The number of carbonyl (C=O) groups excluding carboxylic acids is 2. The average molecular weight is 473 g/mol.